The molecule has 6 rings (SSSR count). The number of aryl methyl sites for hydroxylation is 1. The second-order valence-electron chi connectivity index (χ2n) is 10.8. The second kappa shape index (κ2) is 10.3. The van der Waals surface area contributed by atoms with Gasteiger partial charge >= 0.3 is 5.97 Å². The summed E-state index contributed by atoms with van der Waals surface area (Å²) in [5, 5.41) is 5.57. The number of esters is 1. The van der Waals surface area contributed by atoms with E-state index in [1.807, 2.05) is 38.1 Å². The molecule has 1 atom stereocenters. The zero-order valence-corrected chi connectivity index (χ0v) is 22.6. The maximum Gasteiger partial charge on any atom is 0.310 e. The maximum atomic E-state index is 12.4. The van der Waals surface area contributed by atoms with Crippen LogP contribution in [0.2, 0.25) is 0 Å². The van der Waals surface area contributed by atoms with E-state index in [1.54, 1.807) is 6.20 Å². The Morgan fingerprint density at radius 3 is 2.69 bits per heavy atom. The van der Waals surface area contributed by atoms with Crippen LogP contribution >= 0.6 is 0 Å². The first kappa shape index (κ1) is 25.4. The number of carbonyl (C=O) groups is 1. The van der Waals surface area contributed by atoms with Crippen molar-refractivity contribution in [3.8, 4) is 16.9 Å². The van der Waals surface area contributed by atoms with Crippen molar-refractivity contribution in [2.75, 3.05) is 25.4 Å². The fourth-order valence-corrected chi connectivity index (χ4v) is 6.44. The minimum atomic E-state index is -0.231. The molecule has 1 aliphatic carbocycles. The molecule has 2 heterocycles. The van der Waals surface area contributed by atoms with E-state index < -0.39 is 0 Å². The van der Waals surface area contributed by atoms with Gasteiger partial charge in [0.2, 0.25) is 0 Å². The van der Waals surface area contributed by atoms with Gasteiger partial charge < -0.3 is 20.5 Å². The highest BCUT2D eigenvalue weighted by Crippen LogP contribution is 2.52. The van der Waals surface area contributed by atoms with E-state index in [4.69, 9.17) is 15.2 Å². The second-order valence-corrected chi connectivity index (χ2v) is 10.8. The van der Waals surface area contributed by atoms with Gasteiger partial charge in [-0.15, -0.1) is 0 Å². The van der Waals surface area contributed by atoms with E-state index in [9.17, 15) is 4.79 Å². The van der Waals surface area contributed by atoms with Gasteiger partial charge in [-0.3, -0.25) is 4.79 Å². The lowest BCUT2D eigenvalue weighted by Gasteiger charge is -2.35. The molecule has 1 saturated heterocycles. The number of benzene rings is 3. The van der Waals surface area contributed by atoms with Crippen molar-refractivity contribution in [3.05, 3.63) is 89.1 Å². The number of nitrogens with one attached hydrogen (secondary N) is 1. The van der Waals surface area contributed by atoms with Crippen LogP contribution in [-0.4, -0.2) is 30.6 Å². The summed E-state index contributed by atoms with van der Waals surface area (Å²) in [7, 11) is 0. The van der Waals surface area contributed by atoms with Gasteiger partial charge in [0.05, 0.1) is 13.0 Å². The maximum absolute atomic E-state index is 12.4. The Morgan fingerprint density at radius 2 is 1.87 bits per heavy atom. The molecule has 6 nitrogen and oxygen atoms in total. The predicted octanol–water partition coefficient (Wildman–Crippen LogP) is 6.04. The molecule has 39 heavy (non-hydrogen) atoms. The summed E-state index contributed by atoms with van der Waals surface area (Å²) in [5.74, 6) is 1.07. The number of carbonyl (C=O) groups excluding carboxylic acids is 1. The highest BCUT2D eigenvalue weighted by atomic mass is 16.5. The molecule has 1 aromatic heterocycles. The van der Waals surface area contributed by atoms with Gasteiger partial charge in [0.1, 0.15) is 17.7 Å². The van der Waals surface area contributed by atoms with Crippen LogP contribution in [0.25, 0.3) is 21.9 Å². The number of pyridine rings is 1. The Hall–Kier alpha value is -3.90. The largest absolute Gasteiger partial charge is 0.485 e. The quantitative estimate of drug-likeness (QED) is 0.301. The number of fused-ring (bicyclic) bond motifs is 3. The van der Waals surface area contributed by atoms with Gasteiger partial charge in [-0.2, -0.15) is 0 Å². The van der Waals surface area contributed by atoms with E-state index in [0.717, 1.165) is 71.1 Å². The van der Waals surface area contributed by atoms with Gasteiger partial charge in [0, 0.05) is 22.6 Å². The molecule has 3 aromatic carbocycles. The standard InChI is InChI=1S/C33H35N3O3/c1-3-38-31(37)19-25-21(2)5-4-6-29(25)39-30-20-33(12-15-35-16-13-33)28-10-9-24(18-27(28)30)23-8-7-22-11-14-36-32(34)26(22)17-23/h4-11,14,17-18,30,35H,3,12-13,15-16,19-20H2,1-2H3,(H2,34,36). The number of rotatable bonds is 6. The van der Waals surface area contributed by atoms with E-state index in [2.05, 4.69) is 46.7 Å². The fourth-order valence-electron chi connectivity index (χ4n) is 6.44. The summed E-state index contributed by atoms with van der Waals surface area (Å²) in [6.07, 6.45) is 4.94. The average Bonchev–Trinajstić information content (AvgIpc) is 3.22. The molecule has 0 radical (unpaired) electrons. The van der Waals surface area contributed by atoms with Crippen molar-refractivity contribution in [1.29, 1.82) is 0 Å². The Balaban J connectivity index is 1.40. The molecule has 0 saturated carbocycles. The molecule has 1 spiro atoms. The summed E-state index contributed by atoms with van der Waals surface area (Å²) < 4.78 is 12.1. The summed E-state index contributed by atoms with van der Waals surface area (Å²) in [6, 6.07) is 21.2. The Bertz CT molecular complexity index is 1540. The first-order valence-corrected chi connectivity index (χ1v) is 13.9. The topological polar surface area (TPSA) is 86.5 Å². The summed E-state index contributed by atoms with van der Waals surface area (Å²) in [6.45, 7) is 6.23. The molecular weight excluding hydrogens is 486 g/mol. The monoisotopic (exact) mass is 521 g/mol. The van der Waals surface area contributed by atoms with Crippen LogP contribution in [0.1, 0.15) is 54.5 Å². The Morgan fingerprint density at radius 1 is 1.08 bits per heavy atom. The van der Waals surface area contributed by atoms with Gasteiger partial charge in [-0.1, -0.05) is 36.4 Å². The van der Waals surface area contributed by atoms with Gasteiger partial charge in [0.15, 0.2) is 0 Å². The zero-order valence-electron chi connectivity index (χ0n) is 22.6. The molecule has 3 N–H and O–H groups in total. The highest BCUT2D eigenvalue weighted by Gasteiger charge is 2.45. The van der Waals surface area contributed by atoms with Crippen LogP contribution < -0.4 is 15.8 Å². The summed E-state index contributed by atoms with van der Waals surface area (Å²) in [4.78, 5) is 16.7. The Labute approximate surface area is 229 Å². The number of anilines is 1. The molecule has 1 aliphatic heterocycles. The minimum absolute atomic E-state index is 0.0899. The minimum Gasteiger partial charge on any atom is -0.485 e. The van der Waals surface area contributed by atoms with Crippen LogP contribution in [0.15, 0.2) is 66.9 Å². The third-order valence-electron chi connectivity index (χ3n) is 8.50. The van der Waals surface area contributed by atoms with Crippen molar-refractivity contribution >= 4 is 22.6 Å². The van der Waals surface area contributed by atoms with Crippen LogP contribution in [0.3, 0.4) is 0 Å². The first-order valence-electron chi connectivity index (χ1n) is 13.9. The summed E-state index contributed by atoms with van der Waals surface area (Å²) in [5.41, 5.74) is 13.1. The van der Waals surface area contributed by atoms with E-state index in [-0.39, 0.29) is 23.9 Å². The van der Waals surface area contributed by atoms with Crippen molar-refractivity contribution in [3.63, 3.8) is 0 Å². The van der Waals surface area contributed by atoms with E-state index >= 15 is 0 Å². The van der Waals surface area contributed by atoms with Gasteiger partial charge in [0.25, 0.3) is 0 Å². The molecular formula is C33H35N3O3. The lowest BCUT2D eigenvalue weighted by Crippen LogP contribution is -2.38. The van der Waals surface area contributed by atoms with Crippen LogP contribution in [0, 0.1) is 6.92 Å². The number of piperidine rings is 1. The van der Waals surface area contributed by atoms with Gasteiger partial charge in [-0.25, -0.2) is 4.98 Å². The third kappa shape index (κ3) is 4.74. The van der Waals surface area contributed by atoms with Crippen LogP contribution in [0.5, 0.6) is 5.75 Å². The normalized spacial score (nSPS) is 17.7. The van der Waals surface area contributed by atoms with Crippen molar-refractivity contribution < 1.29 is 14.3 Å². The van der Waals surface area contributed by atoms with Crippen LogP contribution in [-0.2, 0) is 21.4 Å². The number of hydrogen-bond donors (Lipinski definition) is 2. The molecule has 200 valence electrons. The lowest BCUT2D eigenvalue weighted by atomic mass is 9.74. The average molecular weight is 522 g/mol. The molecule has 1 unspecified atom stereocenters. The van der Waals surface area contributed by atoms with Crippen molar-refractivity contribution in [1.82, 2.24) is 10.3 Å². The van der Waals surface area contributed by atoms with Crippen molar-refractivity contribution in [2.24, 2.45) is 0 Å². The van der Waals surface area contributed by atoms with E-state index in [0.29, 0.717) is 12.4 Å². The van der Waals surface area contributed by atoms with Gasteiger partial charge in [-0.05, 0) is 104 Å². The molecule has 0 amide bonds. The lowest BCUT2D eigenvalue weighted by molar-refractivity contribution is -0.142. The smallest absolute Gasteiger partial charge is 0.310 e. The fraction of sp³-hybridized carbons (Fsp3) is 0.333. The first-order chi connectivity index (χ1) is 19.0. The van der Waals surface area contributed by atoms with Crippen molar-refractivity contribution in [2.45, 2.75) is 51.0 Å². The number of nitrogens with zero attached hydrogens (tertiary/aromatic N) is 1. The summed E-state index contributed by atoms with van der Waals surface area (Å²) >= 11 is 0. The molecule has 1 fully saturated rings. The molecule has 0 bridgehead atoms. The number of ether oxygens (including phenoxy) is 2. The number of nitrogen functional groups attached to an aromatic ring is 1. The molecule has 6 heteroatoms. The Kier molecular flexibility index (Phi) is 6.73. The predicted molar refractivity (Wildman–Crippen MR) is 155 cm³/mol. The van der Waals surface area contributed by atoms with E-state index in [1.165, 1.54) is 11.1 Å². The van der Waals surface area contributed by atoms with Crippen LogP contribution in [0.4, 0.5) is 5.82 Å². The SMILES string of the molecule is CCOC(=O)Cc1c(C)cccc1OC1CC2(CCNCC2)c2ccc(-c3ccc4ccnc(N)c4c3)cc21. The number of hydrogen-bond acceptors (Lipinski definition) is 6. The number of aromatic nitrogens is 1. The highest BCUT2D eigenvalue weighted by molar-refractivity contribution is 5.94. The third-order valence-corrected chi connectivity index (χ3v) is 8.50. The molecule has 2 aliphatic rings. The zero-order chi connectivity index (χ0) is 27.0. The molecule has 4 aromatic rings. The number of nitrogens with two attached hydrogens (primary N) is 1.